The SMILES string of the molecule is C=CCn1c(S)nc(-c2ccc(F)cc2)c1-c1ccncc1. The normalized spacial score (nSPS) is 10.6. The van der Waals surface area contributed by atoms with E-state index in [1.807, 2.05) is 16.7 Å². The number of thiol groups is 1. The highest BCUT2D eigenvalue weighted by atomic mass is 32.1. The van der Waals surface area contributed by atoms with Gasteiger partial charge in [-0.2, -0.15) is 0 Å². The van der Waals surface area contributed by atoms with Crippen molar-refractivity contribution in [1.82, 2.24) is 14.5 Å². The molecule has 0 aliphatic carbocycles. The molecular weight excluding hydrogens is 297 g/mol. The van der Waals surface area contributed by atoms with Crippen LogP contribution in [0.2, 0.25) is 0 Å². The number of pyridine rings is 1. The highest BCUT2D eigenvalue weighted by molar-refractivity contribution is 7.80. The average Bonchev–Trinajstić information content (AvgIpc) is 2.86. The second-order valence-electron chi connectivity index (χ2n) is 4.75. The van der Waals surface area contributed by atoms with Crippen molar-refractivity contribution in [3.8, 4) is 22.5 Å². The third-order valence-corrected chi connectivity index (χ3v) is 3.67. The molecule has 0 aliphatic rings. The molecule has 3 aromatic rings. The maximum atomic E-state index is 13.2. The summed E-state index contributed by atoms with van der Waals surface area (Å²) in [4.78, 5) is 8.59. The zero-order valence-corrected chi connectivity index (χ0v) is 12.7. The number of aromatic nitrogens is 3. The molecule has 22 heavy (non-hydrogen) atoms. The molecule has 0 spiro atoms. The van der Waals surface area contributed by atoms with Crippen LogP contribution in [0.15, 0.2) is 66.6 Å². The van der Waals surface area contributed by atoms with E-state index in [1.165, 1.54) is 12.1 Å². The van der Waals surface area contributed by atoms with E-state index in [0.717, 1.165) is 22.5 Å². The third kappa shape index (κ3) is 2.67. The van der Waals surface area contributed by atoms with Gasteiger partial charge in [-0.05, 0) is 36.4 Å². The summed E-state index contributed by atoms with van der Waals surface area (Å²) in [5, 5.41) is 0.589. The van der Waals surface area contributed by atoms with Crippen molar-refractivity contribution in [2.75, 3.05) is 0 Å². The zero-order valence-electron chi connectivity index (χ0n) is 11.8. The van der Waals surface area contributed by atoms with E-state index in [9.17, 15) is 4.39 Å². The van der Waals surface area contributed by atoms with Crippen LogP contribution in [-0.2, 0) is 6.54 Å². The lowest BCUT2D eigenvalue weighted by Gasteiger charge is -2.09. The first-order valence-corrected chi connectivity index (χ1v) is 7.22. The zero-order chi connectivity index (χ0) is 15.5. The molecule has 5 heteroatoms. The van der Waals surface area contributed by atoms with E-state index in [-0.39, 0.29) is 5.82 Å². The lowest BCUT2D eigenvalue weighted by Crippen LogP contribution is -1.99. The summed E-state index contributed by atoms with van der Waals surface area (Å²) in [5.74, 6) is -0.272. The van der Waals surface area contributed by atoms with Gasteiger partial charge in [0.1, 0.15) is 5.82 Å². The van der Waals surface area contributed by atoms with Gasteiger partial charge in [0.05, 0.1) is 11.4 Å². The Balaban J connectivity index is 2.24. The lowest BCUT2D eigenvalue weighted by molar-refractivity contribution is 0.628. The number of benzene rings is 1. The minimum Gasteiger partial charge on any atom is -0.315 e. The van der Waals surface area contributed by atoms with Crippen LogP contribution in [-0.4, -0.2) is 14.5 Å². The number of allylic oxidation sites excluding steroid dienone is 1. The van der Waals surface area contributed by atoms with Gasteiger partial charge in [0.25, 0.3) is 0 Å². The van der Waals surface area contributed by atoms with Crippen molar-refractivity contribution in [1.29, 1.82) is 0 Å². The van der Waals surface area contributed by atoms with E-state index in [4.69, 9.17) is 0 Å². The molecule has 0 fully saturated rings. The summed E-state index contributed by atoms with van der Waals surface area (Å²) in [6, 6.07) is 10.1. The molecule has 110 valence electrons. The molecule has 0 amide bonds. The average molecular weight is 311 g/mol. The molecule has 0 aliphatic heterocycles. The summed E-state index contributed by atoms with van der Waals surface area (Å²) in [6.45, 7) is 4.37. The van der Waals surface area contributed by atoms with Gasteiger partial charge in [-0.15, -0.1) is 19.2 Å². The monoisotopic (exact) mass is 311 g/mol. The van der Waals surface area contributed by atoms with Gasteiger partial charge in [0, 0.05) is 30.1 Å². The Morgan fingerprint density at radius 3 is 2.41 bits per heavy atom. The molecular formula is C17H14FN3S. The predicted octanol–water partition coefficient (Wildman–Crippen LogP) is 4.23. The van der Waals surface area contributed by atoms with Gasteiger partial charge in [-0.3, -0.25) is 4.98 Å². The fraction of sp³-hybridized carbons (Fsp3) is 0.0588. The van der Waals surface area contributed by atoms with Gasteiger partial charge in [-0.25, -0.2) is 9.37 Å². The molecule has 1 aromatic carbocycles. The summed E-state index contributed by atoms with van der Waals surface area (Å²) in [6.07, 6.45) is 5.25. The van der Waals surface area contributed by atoms with E-state index in [1.54, 1.807) is 30.6 Å². The van der Waals surface area contributed by atoms with Crippen LogP contribution in [0.1, 0.15) is 0 Å². The van der Waals surface area contributed by atoms with E-state index in [2.05, 4.69) is 29.2 Å². The van der Waals surface area contributed by atoms with Crippen molar-refractivity contribution in [3.63, 3.8) is 0 Å². The molecule has 2 heterocycles. The third-order valence-electron chi connectivity index (χ3n) is 3.33. The maximum absolute atomic E-state index is 13.2. The standard InChI is InChI=1S/C17H14FN3S/c1-2-11-21-16(13-7-9-19-10-8-13)15(20-17(21)22)12-3-5-14(18)6-4-12/h2-10H,1,11H2,(H,20,22). The van der Waals surface area contributed by atoms with Crippen LogP contribution < -0.4 is 0 Å². The second-order valence-corrected chi connectivity index (χ2v) is 5.15. The first-order valence-electron chi connectivity index (χ1n) is 6.77. The summed E-state index contributed by atoms with van der Waals surface area (Å²) in [5.41, 5.74) is 3.49. The van der Waals surface area contributed by atoms with Crippen molar-refractivity contribution < 1.29 is 4.39 Å². The van der Waals surface area contributed by atoms with E-state index in [0.29, 0.717) is 11.7 Å². The molecule has 0 unspecified atom stereocenters. The number of halogens is 1. The minimum atomic E-state index is -0.272. The summed E-state index contributed by atoms with van der Waals surface area (Å²) < 4.78 is 15.1. The highest BCUT2D eigenvalue weighted by Gasteiger charge is 2.17. The molecule has 0 bridgehead atoms. The first kappa shape index (κ1) is 14.5. The van der Waals surface area contributed by atoms with Crippen LogP contribution in [0.5, 0.6) is 0 Å². The largest absolute Gasteiger partial charge is 0.315 e. The Labute approximate surface area is 133 Å². The molecule has 0 saturated carbocycles. The number of imidazole rings is 1. The van der Waals surface area contributed by atoms with Crippen LogP contribution in [0, 0.1) is 5.82 Å². The van der Waals surface area contributed by atoms with Crippen molar-refractivity contribution in [2.45, 2.75) is 11.7 Å². The topological polar surface area (TPSA) is 30.7 Å². The van der Waals surface area contributed by atoms with Gasteiger partial charge >= 0.3 is 0 Å². The summed E-state index contributed by atoms with van der Waals surface area (Å²) >= 11 is 4.46. The van der Waals surface area contributed by atoms with Gasteiger partial charge in [0.2, 0.25) is 0 Å². The Morgan fingerprint density at radius 2 is 1.77 bits per heavy atom. The minimum absolute atomic E-state index is 0.272. The van der Waals surface area contributed by atoms with Crippen molar-refractivity contribution in [2.24, 2.45) is 0 Å². The maximum Gasteiger partial charge on any atom is 0.166 e. The second kappa shape index (κ2) is 6.15. The van der Waals surface area contributed by atoms with Crippen LogP contribution in [0.4, 0.5) is 4.39 Å². The molecule has 0 radical (unpaired) electrons. The Kier molecular flexibility index (Phi) is 4.06. The highest BCUT2D eigenvalue weighted by Crippen LogP contribution is 2.33. The van der Waals surface area contributed by atoms with Crippen LogP contribution >= 0.6 is 12.6 Å². The molecule has 3 rings (SSSR count). The van der Waals surface area contributed by atoms with Crippen LogP contribution in [0.25, 0.3) is 22.5 Å². The molecule has 0 N–H and O–H groups in total. The lowest BCUT2D eigenvalue weighted by atomic mass is 10.1. The Bertz CT molecular complexity index is 795. The fourth-order valence-electron chi connectivity index (χ4n) is 2.35. The van der Waals surface area contributed by atoms with Gasteiger partial charge in [0.15, 0.2) is 5.16 Å². The fourth-order valence-corrected chi connectivity index (χ4v) is 2.64. The van der Waals surface area contributed by atoms with Crippen molar-refractivity contribution in [3.05, 3.63) is 67.3 Å². The molecule has 0 saturated heterocycles. The van der Waals surface area contributed by atoms with E-state index < -0.39 is 0 Å². The van der Waals surface area contributed by atoms with Crippen LogP contribution in [0.3, 0.4) is 0 Å². The Hall–Kier alpha value is -2.40. The summed E-state index contributed by atoms with van der Waals surface area (Å²) in [7, 11) is 0. The quantitative estimate of drug-likeness (QED) is 0.577. The van der Waals surface area contributed by atoms with Gasteiger partial charge in [-0.1, -0.05) is 6.08 Å². The number of rotatable bonds is 4. The van der Waals surface area contributed by atoms with E-state index >= 15 is 0 Å². The van der Waals surface area contributed by atoms with Crippen molar-refractivity contribution >= 4 is 12.6 Å². The smallest absolute Gasteiger partial charge is 0.166 e. The first-order chi connectivity index (χ1) is 10.7. The number of hydrogen-bond donors (Lipinski definition) is 1. The number of hydrogen-bond acceptors (Lipinski definition) is 3. The molecule has 2 aromatic heterocycles. The number of nitrogens with zero attached hydrogens (tertiary/aromatic N) is 3. The van der Waals surface area contributed by atoms with Gasteiger partial charge < -0.3 is 4.57 Å². The Morgan fingerprint density at radius 1 is 1.09 bits per heavy atom. The predicted molar refractivity (Wildman–Crippen MR) is 88.3 cm³/mol. The molecule has 0 atom stereocenters. The molecule has 3 nitrogen and oxygen atoms in total.